The number of rotatable bonds is 3. The molecule has 0 amide bonds. The molecule has 3 heteroatoms. The third kappa shape index (κ3) is 1.61. The third-order valence-corrected chi connectivity index (χ3v) is 2.60. The van der Waals surface area contributed by atoms with E-state index in [1.54, 1.807) is 0 Å². The van der Waals surface area contributed by atoms with Gasteiger partial charge in [-0.15, -0.1) is 0 Å². The number of allylic oxidation sites excluding steroid dienone is 2. The summed E-state index contributed by atoms with van der Waals surface area (Å²) in [6.07, 6.45) is 9.09. The minimum Gasteiger partial charge on any atom is -0.487 e. The number of aliphatic hydroxyl groups excluding tert-OH is 1. The zero-order valence-corrected chi connectivity index (χ0v) is 8.02. The molecule has 0 aromatic heterocycles. The highest BCUT2D eigenvalue weighted by Crippen LogP contribution is 2.33. The second kappa shape index (κ2) is 3.98. The molecule has 2 unspecified atom stereocenters. The lowest BCUT2D eigenvalue weighted by atomic mass is 9.90. The van der Waals surface area contributed by atoms with Gasteiger partial charge in [0.05, 0.1) is 0 Å². The summed E-state index contributed by atoms with van der Waals surface area (Å²) in [5, 5.41) is 8.97. The molecule has 76 valence electrons. The molecule has 0 bridgehead atoms. The van der Waals surface area contributed by atoms with E-state index in [1.807, 2.05) is 12.2 Å². The summed E-state index contributed by atoms with van der Waals surface area (Å²) < 4.78 is 5.62. The Morgan fingerprint density at radius 1 is 1.50 bits per heavy atom. The number of aliphatic hydroxyl groups is 1. The first-order chi connectivity index (χ1) is 6.85. The maximum absolute atomic E-state index is 8.97. The minimum atomic E-state index is -0.0171. The van der Waals surface area contributed by atoms with Gasteiger partial charge in [0.2, 0.25) is 0 Å². The van der Waals surface area contributed by atoms with Gasteiger partial charge in [-0.2, -0.15) is 0 Å². The van der Waals surface area contributed by atoms with Crippen molar-refractivity contribution in [2.75, 3.05) is 13.2 Å². The van der Waals surface area contributed by atoms with Gasteiger partial charge >= 0.3 is 0 Å². The Bertz CT molecular complexity index is 304. The van der Waals surface area contributed by atoms with Crippen molar-refractivity contribution < 1.29 is 9.84 Å². The molecule has 2 rings (SSSR count). The molecule has 0 aromatic rings. The van der Waals surface area contributed by atoms with Gasteiger partial charge in [-0.25, -0.2) is 0 Å². The fraction of sp³-hybridized carbons (Fsp3) is 0.455. The number of nitrogens with two attached hydrogens (primary N) is 1. The maximum Gasteiger partial charge on any atom is 0.130 e. The van der Waals surface area contributed by atoms with E-state index in [-0.39, 0.29) is 18.6 Å². The molecule has 1 aliphatic carbocycles. The quantitative estimate of drug-likeness (QED) is 0.694. The molecule has 0 fully saturated rings. The zero-order valence-electron chi connectivity index (χ0n) is 8.02. The molecule has 3 N–H and O–H groups in total. The van der Waals surface area contributed by atoms with E-state index >= 15 is 0 Å². The van der Waals surface area contributed by atoms with Gasteiger partial charge in [-0.3, -0.25) is 0 Å². The Labute approximate surface area is 83.6 Å². The van der Waals surface area contributed by atoms with Crippen molar-refractivity contribution in [1.82, 2.24) is 0 Å². The van der Waals surface area contributed by atoms with Crippen molar-refractivity contribution in [3.05, 3.63) is 35.6 Å². The topological polar surface area (TPSA) is 55.5 Å². The van der Waals surface area contributed by atoms with Crippen molar-refractivity contribution in [1.29, 1.82) is 0 Å². The van der Waals surface area contributed by atoms with Crippen molar-refractivity contribution in [3.63, 3.8) is 0 Å². The van der Waals surface area contributed by atoms with Gasteiger partial charge < -0.3 is 15.6 Å². The molecule has 0 saturated carbocycles. The monoisotopic (exact) mass is 193 g/mol. The molecule has 1 heterocycles. The second-order valence-corrected chi connectivity index (χ2v) is 3.57. The highest BCUT2D eigenvalue weighted by atomic mass is 16.5. The number of ether oxygens (including phenoxy) is 1. The summed E-state index contributed by atoms with van der Waals surface area (Å²) >= 11 is 0. The number of fused-ring (bicyclic) bond motifs is 1. The van der Waals surface area contributed by atoms with Crippen LogP contribution in [0.25, 0.3) is 0 Å². The minimum absolute atomic E-state index is 0.0171. The van der Waals surface area contributed by atoms with Crippen molar-refractivity contribution >= 4 is 0 Å². The van der Waals surface area contributed by atoms with Crippen LogP contribution in [0.15, 0.2) is 35.6 Å². The fourth-order valence-corrected chi connectivity index (χ4v) is 1.95. The molecule has 2 atom stereocenters. The maximum atomic E-state index is 8.97. The van der Waals surface area contributed by atoms with E-state index in [2.05, 4.69) is 12.2 Å². The molecule has 0 spiro atoms. The lowest BCUT2D eigenvalue weighted by molar-refractivity contribution is 0.121. The van der Waals surface area contributed by atoms with Crippen LogP contribution in [0.3, 0.4) is 0 Å². The summed E-state index contributed by atoms with van der Waals surface area (Å²) in [5.41, 5.74) is 6.74. The van der Waals surface area contributed by atoms with Gasteiger partial charge in [-0.1, -0.05) is 18.2 Å². The summed E-state index contributed by atoms with van der Waals surface area (Å²) in [6, 6.07) is 0. The van der Waals surface area contributed by atoms with E-state index in [0.29, 0.717) is 12.3 Å². The van der Waals surface area contributed by atoms with Crippen LogP contribution >= 0.6 is 0 Å². The Kier molecular flexibility index (Phi) is 2.70. The van der Waals surface area contributed by atoms with Crippen molar-refractivity contribution in [2.24, 2.45) is 11.7 Å². The Hall–Kier alpha value is -1.06. The van der Waals surface area contributed by atoms with Crippen molar-refractivity contribution in [2.45, 2.75) is 12.5 Å². The predicted molar refractivity (Wildman–Crippen MR) is 54.4 cm³/mol. The van der Waals surface area contributed by atoms with Crippen LogP contribution in [-0.2, 0) is 4.74 Å². The van der Waals surface area contributed by atoms with E-state index in [0.717, 1.165) is 6.42 Å². The molecular weight excluding hydrogens is 178 g/mol. The lowest BCUT2D eigenvalue weighted by Crippen LogP contribution is -2.22. The molecule has 0 radical (unpaired) electrons. The molecular formula is C11H15NO2. The lowest BCUT2D eigenvalue weighted by Gasteiger charge is -2.22. The molecule has 1 aliphatic heterocycles. The summed E-state index contributed by atoms with van der Waals surface area (Å²) in [4.78, 5) is 0. The van der Waals surface area contributed by atoms with Crippen LogP contribution < -0.4 is 5.73 Å². The van der Waals surface area contributed by atoms with Gasteiger partial charge in [-0.05, 0) is 24.6 Å². The fourth-order valence-electron chi connectivity index (χ4n) is 1.95. The molecule has 0 saturated heterocycles. The second-order valence-electron chi connectivity index (χ2n) is 3.57. The Balaban J connectivity index is 2.12. The molecule has 14 heavy (non-hydrogen) atoms. The predicted octanol–water partition coefficient (Wildman–Crippen LogP) is 0.723. The van der Waals surface area contributed by atoms with Gasteiger partial charge in [0.25, 0.3) is 0 Å². The van der Waals surface area contributed by atoms with E-state index in [9.17, 15) is 0 Å². The smallest absolute Gasteiger partial charge is 0.130 e. The Morgan fingerprint density at radius 3 is 3.07 bits per heavy atom. The van der Waals surface area contributed by atoms with Crippen molar-refractivity contribution in [3.8, 4) is 0 Å². The van der Waals surface area contributed by atoms with Gasteiger partial charge in [0.15, 0.2) is 0 Å². The van der Waals surface area contributed by atoms with E-state index in [4.69, 9.17) is 15.6 Å². The first-order valence-electron chi connectivity index (χ1n) is 4.90. The highest BCUT2D eigenvalue weighted by molar-refractivity contribution is 5.31. The molecule has 0 aromatic carbocycles. The standard InChI is InChI=1S/C11H15NO2/c12-5-4-8-2-1-3-9-6-10(7-13)14-11(8)9/h1-3,6,9,11,13H,4-5,7,12H2. The van der Waals surface area contributed by atoms with Crippen LogP contribution in [0.4, 0.5) is 0 Å². The van der Waals surface area contributed by atoms with Crippen LogP contribution in [-0.4, -0.2) is 24.4 Å². The summed E-state index contributed by atoms with van der Waals surface area (Å²) in [5.74, 6) is 0.957. The SMILES string of the molecule is NCCC1=CC=CC2C=C(CO)OC12. The number of hydrogen-bond donors (Lipinski definition) is 2. The first kappa shape index (κ1) is 9.49. The normalized spacial score (nSPS) is 29.3. The average molecular weight is 193 g/mol. The number of hydrogen-bond acceptors (Lipinski definition) is 3. The average Bonchev–Trinajstić information content (AvgIpc) is 2.62. The zero-order chi connectivity index (χ0) is 9.97. The van der Waals surface area contributed by atoms with Crippen LogP contribution in [0.2, 0.25) is 0 Å². The van der Waals surface area contributed by atoms with E-state index < -0.39 is 0 Å². The third-order valence-electron chi connectivity index (χ3n) is 2.60. The van der Waals surface area contributed by atoms with Crippen LogP contribution in [0, 0.1) is 5.92 Å². The van der Waals surface area contributed by atoms with Gasteiger partial charge in [0, 0.05) is 5.92 Å². The Morgan fingerprint density at radius 2 is 2.36 bits per heavy atom. The first-order valence-corrected chi connectivity index (χ1v) is 4.90. The van der Waals surface area contributed by atoms with Crippen LogP contribution in [0.5, 0.6) is 0 Å². The summed E-state index contributed by atoms with van der Waals surface area (Å²) in [6.45, 7) is 0.622. The summed E-state index contributed by atoms with van der Waals surface area (Å²) in [7, 11) is 0. The van der Waals surface area contributed by atoms with E-state index in [1.165, 1.54) is 5.57 Å². The largest absolute Gasteiger partial charge is 0.487 e. The molecule has 2 aliphatic rings. The van der Waals surface area contributed by atoms with Gasteiger partial charge in [0.1, 0.15) is 18.5 Å². The molecule has 3 nitrogen and oxygen atoms in total. The highest BCUT2D eigenvalue weighted by Gasteiger charge is 2.30. The van der Waals surface area contributed by atoms with Crippen LogP contribution in [0.1, 0.15) is 6.42 Å².